The molecule has 5 nitrogen and oxygen atoms in total. The second-order valence-electron chi connectivity index (χ2n) is 11.4. The number of esters is 1. The van der Waals surface area contributed by atoms with E-state index < -0.39 is 11.7 Å². The molecule has 0 N–H and O–H groups in total. The lowest BCUT2D eigenvalue weighted by atomic mass is 9.47. The third-order valence-electron chi connectivity index (χ3n) is 9.98. The Balaban J connectivity index is 1.31. The first-order chi connectivity index (χ1) is 16.2. The molecule has 0 aromatic heterocycles. The molecular formula is C28H36FNO4. The number of fused-ring (bicyclic) bond motifs is 5. The maximum atomic E-state index is 14.6. The Morgan fingerprint density at radius 2 is 1.82 bits per heavy atom. The lowest BCUT2D eigenvalue weighted by Crippen LogP contribution is -2.60. The number of hydrogen-bond donors (Lipinski definition) is 0. The van der Waals surface area contributed by atoms with Crippen molar-refractivity contribution in [2.75, 3.05) is 14.2 Å². The van der Waals surface area contributed by atoms with Gasteiger partial charge in [0.1, 0.15) is 12.4 Å². The van der Waals surface area contributed by atoms with Crippen molar-refractivity contribution in [1.82, 2.24) is 4.90 Å². The summed E-state index contributed by atoms with van der Waals surface area (Å²) in [6, 6.07) is 7.66. The molecule has 1 aliphatic heterocycles. The van der Waals surface area contributed by atoms with Crippen LogP contribution in [0.25, 0.3) is 0 Å². The van der Waals surface area contributed by atoms with Gasteiger partial charge in [0.2, 0.25) is 0 Å². The van der Waals surface area contributed by atoms with Crippen LogP contribution in [0, 0.1) is 34.5 Å². The number of amides is 1. The summed E-state index contributed by atoms with van der Waals surface area (Å²) in [5, 5.41) is 0. The van der Waals surface area contributed by atoms with Gasteiger partial charge in [-0.3, -0.25) is 9.59 Å². The van der Waals surface area contributed by atoms with Gasteiger partial charge in [0.25, 0.3) is 5.91 Å². The first-order valence-corrected chi connectivity index (χ1v) is 12.6. The van der Waals surface area contributed by atoms with Crippen LogP contribution >= 0.6 is 0 Å². The van der Waals surface area contributed by atoms with Crippen LogP contribution in [0.4, 0.5) is 4.39 Å². The average molecular weight is 470 g/mol. The minimum atomic E-state index is -0.610. The van der Waals surface area contributed by atoms with Crippen molar-refractivity contribution in [3.8, 4) is 5.75 Å². The highest BCUT2D eigenvalue weighted by Gasteiger charge is 2.62. The van der Waals surface area contributed by atoms with Gasteiger partial charge in [-0.2, -0.15) is 0 Å². The summed E-state index contributed by atoms with van der Waals surface area (Å²) in [6.07, 6.45) is 7.33. The van der Waals surface area contributed by atoms with Gasteiger partial charge in [-0.25, -0.2) is 4.39 Å². The Morgan fingerprint density at radius 3 is 2.53 bits per heavy atom. The highest BCUT2D eigenvalue weighted by atomic mass is 19.1. The van der Waals surface area contributed by atoms with Gasteiger partial charge < -0.3 is 14.4 Å². The van der Waals surface area contributed by atoms with Crippen molar-refractivity contribution >= 4 is 11.9 Å². The zero-order valence-electron chi connectivity index (χ0n) is 20.7. The Bertz CT molecular complexity index is 1010. The molecular weight excluding hydrogens is 433 g/mol. The predicted octanol–water partition coefficient (Wildman–Crippen LogP) is 5.29. The maximum absolute atomic E-state index is 14.6. The molecule has 3 saturated carbocycles. The van der Waals surface area contributed by atoms with E-state index in [9.17, 15) is 14.0 Å². The first-order valence-electron chi connectivity index (χ1n) is 12.6. The van der Waals surface area contributed by atoms with E-state index in [1.54, 1.807) is 25.1 Å². The summed E-state index contributed by atoms with van der Waals surface area (Å²) in [5.41, 5.74) is 0.526. The largest absolute Gasteiger partial charge is 0.497 e. The van der Waals surface area contributed by atoms with Crippen molar-refractivity contribution in [3.05, 3.63) is 41.7 Å². The maximum Gasteiger partial charge on any atom is 0.309 e. The summed E-state index contributed by atoms with van der Waals surface area (Å²) < 4.78 is 25.6. The Kier molecular flexibility index (Phi) is 5.77. The minimum Gasteiger partial charge on any atom is -0.497 e. The zero-order chi connectivity index (χ0) is 24.3. The highest BCUT2D eigenvalue weighted by Crippen LogP contribution is 2.65. The molecule has 1 heterocycles. The average Bonchev–Trinajstić information content (AvgIpc) is 3.18. The Hall–Kier alpha value is -2.37. The lowest BCUT2D eigenvalue weighted by molar-refractivity contribution is -0.159. The van der Waals surface area contributed by atoms with Crippen LogP contribution in [0.3, 0.4) is 0 Å². The Morgan fingerprint density at radius 1 is 1.09 bits per heavy atom. The number of methoxy groups -OCH3 is 1. The zero-order valence-corrected chi connectivity index (χ0v) is 20.7. The fourth-order valence-corrected chi connectivity index (χ4v) is 8.19. The second kappa shape index (κ2) is 8.39. The number of carbonyl (C=O) groups excluding carboxylic acids is 2. The Labute approximate surface area is 201 Å². The van der Waals surface area contributed by atoms with E-state index in [-0.39, 0.29) is 35.4 Å². The third-order valence-corrected chi connectivity index (χ3v) is 9.98. The molecule has 3 fully saturated rings. The molecule has 7 atom stereocenters. The molecule has 2 unspecified atom stereocenters. The number of carbonyl (C=O) groups is 2. The number of likely N-dealkylation sites (N-methyl/N-ethyl adjacent to an activating group) is 1. The predicted molar refractivity (Wildman–Crippen MR) is 126 cm³/mol. The summed E-state index contributed by atoms with van der Waals surface area (Å²) in [4.78, 5) is 27.1. The van der Waals surface area contributed by atoms with E-state index in [0.717, 1.165) is 49.8 Å². The molecule has 6 heteroatoms. The molecule has 5 rings (SSSR count). The molecule has 1 amide bonds. The van der Waals surface area contributed by atoms with Crippen molar-refractivity contribution in [2.24, 2.45) is 34.5 Å². The molecule has 0 bridgehead atoms. The summed E-state index contributed by atoms with van der Waals surface area (Å²) >= 11 is 0. The van der Waals surface area contributed by atoms with Crippen LogP contribution in [-0.4, -0.2) is 37.0 Å². The van der Waals surface area contributed by atoms with Crippen LogP contribution < -0.4 is 4.74 Å². The standard InChI is InChI=1S/C28H36FNO4/c1-27-14-13-21-19(9-12-24-28(21,2)15-23(29)25(31)30(24)3)20(27)10-11-22(27)26(32)34-16-17-5-7-18(33-4)8-6-17/h5-8,15,19-22,24H,9-14,16H2,1-4H3/t19-,20-,21+,22?,24?,27-,28+/m0/s1. The molecule has 34 heavy (non-hydrogen) atoms. The smallest absolute Gasteiger partial charge is 0.309 e. The molecule has 0 spiro atoms. The topological polar surface area (TPSA) is 55.8 Å². The van der Waals surface area contributed by atoms with Gasteiger partial charge in [0.15, 0.2) is 5.83 Å². The fourth-order valence-electron chi connectivity index (χ4n) is 8.19. The molecule has 4 aliphatic rings. The van der Waals surface area contributed by atoms with Crippen molar-refractivity contribution < 1.29 is 23.5 Å². The minimum absolute atomic E-state index is 0.0526. The molecule has 184 valence electrons. The number of ether oxygens (including phenoxy) is 2. The molecule has 0 saturated heterocycles. The molecule has 1 aromatic rings. The van der Waals surface area contributed by atoms with Crippen molar-refractivity contribution in [2.45, 2.75) is 65.0 Å². The number of nitrogens with zero attached hydrogens (tertiary/aromatic N) is 1. The van der Waals surface area contributed by atoms with Crippen molar-refractivity contribution in [3.63, 3.8) is 0 Å². The van der Waals surface area contributed by atoms with Crippen molar-refractivity contribution in [1.29, 1.82) is 0 Å². The molecule has 1 aromatic carbocycles. The van der Waals surface area contributed by atoms with Gasteiger partial charge in [0, 0.05) is 18.5 Å². The normalized spacial score (nSPS) is 39.0. The summed E-state index contributed by atoms with van der Waals surface area (Å²) in [6.45, 7) is 4.70. The van der Waals surface area contributed by atoms with Gasteiger partial charge in [-0.1, -0.05) is 26.0 Å². The van der Waals surface area contributed by atoms with Crippen LogP contribution in [-0.2, 0) is 20.9 Å². The monoisotopic (exact) mass is 469 g/mol. The third kappa shape index (κ3) is 3.47. The molecule has 3 aliphatic carbocycles. The summed E-state index contributed by atoms with van der Waals surface area (Å²) in [7, 11) is 3.38. The number of halogens is 1. The van der Waals surface area contributed by atoms with E-state index in [1.165, 1.54) is 0 Å². The fraction of sp³-hybridized carbons (Fsp3) is 0.643. The summed E-state index contributed by atoms with van der Waals surface area (Å²) in [5.74, 6) is 0.721. The van der Waals surface area contributed by atoms with E-state index in [4.69, 9.17) is 9.47 Å². The second-order valence-corrected chi connectivity index (χ2v) is 11.4. The van der Waals surface area contributed by atoms with Gasteiger partial charge in [-0.15, -0.1) is 0 Å². The van der Waals surface area contributed by atoms with Crippen LogP contribution in [0.2, 0.25) is 0 Å². The van der Waals surface area contributed by atoms with E-state index in [0.29, 0.717) is 17.8 Å². The van der Waals surface area contributed by atoms with E-state index in [2.05, 4.69) is 13.8 Å². The quantitative estimate of drug-likeness (QED) is 0.562. The molecule has 0 radical (unpaired) electrons. The van der Waals surface area contributed by atoms with Crippen LogP contribution in [0.1, 0.15) is 57.9 Å². The number of benzene rings is 1. The van der Waals surface area contributed by atoms with Gasteiger partial charge >= 0.3 is 5.97 Å². The van der Waals surface area contributed by atoms with Gasteiger partial charge in [-0.05, 0) is 85.5 Å². The van der Waals surface area contributed by atoms with E-state index >= 15 is 0 Å². The van der Waals surface area contributed by atoms with Crippen LogP contribution in [0.5, 0.6) is 5.75 Å². The lowest BCUT2D eigenvalue weighted by Gasteiger charge is -2.60. The number of rotatable bonds is 4. The first kappa shape index (κ1) is 23.4. The van der Waals surface area contributed by atoms with E-state index in [1.807, 2.05) is 24.3 Å². The SMILES string of the molecule is COc1ccc(COC(=O)C2CC[C@H]3[C@@H]4CCC5N(C)C(=O)C(F)=C[C@]5(C)[C@@H]4CC[C@]23C)cc1. The van der Waals surface area contributed by atoms with Crippen LogP contribution in [0.15, 0.2) is 36.2 Å². The van der Waals surface area contributed by atoms with Gasteiger partial charge in [0.05, 0.1) is 13.0 Å². The number of hydrogen-bond acceptors (Lipinski definition) is 4. The highest BCUT2D eigenvalue weighted by molar-refractivity contribution is 5.92.